The second-order valence-corrected chi connectivity index (χ2v) is 6.90. The van der Waals surface area contributed by atoms with Gasteiger partial charge in [0.05, 0.1) is 0 Å². The number of rotatable bonds is 9. The molecule has 4 nitrogen and oxygen atoms in total. The summed E-state index contributed by atoms with van der Waals surface area (Å²) in [5, 5.41) is 0. The first-order valence-electron chi connectivity index (χ1n) is 7.45. The van der Waals surface area contributed by atoms with Gasteiger partial charge in [-0.3, -0.25) is 0 Å². The molecule has 0 heterocycles. The van der Waals surface area contributed by atoms with Crippen LogP contribution in [0.5, 0.6) is 0 Å². The molecule has 1 aromatic rings. The Morgan fingerprint density at radius 2 is 1.95 bits per heavy atom. The maximum Gasteiger partial charge on any atom is 0.243 e. The lowest BCUT2D eigenvalue weighted by atomic mass is 10.1. The maximum atomic E-state index is 13.9. The molecule has 120 valence electrons. The first-order chi connectivity index (χ1) is 9.94. The van der Waals surface area contributed by atoms with Crippen LogP contribution in [-0.2, 0) is 16.6 Å². The summed E-state index contributed by atoms with van der Waals surface area (Å²) in [6.45, 7) is 4.24. The van der Waals surface area contributed by atoms with Gasteiger partial charge in [-0.25, -0.2) is 17.5 Å². The van der Waals surface area contributed by atoms with Crippen LogP contribution in [0.25, 0.3) is 0 Å². The predicted molar refractivity (Wildman–Crippen MR) is 82.8 cm³/mol. The molecular formula is C15H25FN2O2S. The third-order valence-corrected chi connectivity index (χ3v) is 4.94. The van der Waals surface area contributed by atoms with Gasteiger partial charge in [0.1, 0.15) is 10.7 Å². The van der Waals surface area contributed by atoms with Gasteiger partial charge >= 0.3 is 0 Å². The lowest BCUT2D eigenvalue weighted by molar-refractivity contribution is 0.479. The number of benzene rings is 1. The van der Waals surface area contributed by atoms with Crippen LogP contribution < -0.4 is 10.5 Å². The molecule has 1 rings (SSSR count). The van der Waals surface area contributed by atoms with Crippen LogP contribution >= 0.6 is 0 Å². The predicted octanol–water partition coefficient (Wildman–Crippen LogP) is 2.92. The summed E-state index contributed by atoms with van der Waals surface area (Å²) in [6, 6.07) is 3.85. The van der Waals surface area contributed by atoms with Crippen molar-refractivity contribution in [3.63, 3.8) is 0 Å². The van der Waals surface area contributed by atoms with E-state index < -0.39 is 15.8 Å². The van der Waals surface area contributed by atoms with Crippen molar-refractivity contribution < 1.29 is 12.8 Å². The standard InChI is InChI=1S/C15H25FN2O2S/c1-3-5-7-13(6-4-2)18-21(19,20)15-9-8-12(11-17)10-14(15)16/h8-10,13,18H,3-7,11,17H2,1-2H3. The molecule has 6 heteroatoms. The van der Waals surface area contributed by atoms with Crippen LogP contribution in [0.15, 0.2) is 23.1 Å². The van der Waals surface area contributed by atoms with Crippen molar-refractivity contribution in [1.82, 2.24) is 4.72 Å². The van der Waals surface area contributed by atoms with Crippen molar-refractivity contribution in [3.05, 3.63) is 29.6 Å². The van der Waals surface area contributed by atoms with E-state index in [0.717, 1.165) is 32.1 Å². The Bertz CT molecular complexity index is 547. The third kappa shape index (κ3) is 5.37. The van der Waals surface area contributed by atoms with E-state index in [1.165, 1.54) is 12.1 Å². The highest BCUT2D eigenvalue weighted by atomic mass is 32.2. The average Bonchev–Trinajstić information content (AvgIpc) is 2.44. The molecule has 0 bridgehead atoms. The Morgan fingerprint density at radius 1 is 1.24 bits per heavy atom. The van der Waals surface area contributed by atoms with E-state index in [2.05, 4.69) is 11.6 Å². The van der Waals surface area contributed by atoms with E-state index in [0.29, 0.717) is 5.56 Å². The number of nitrogens with two attached hydrogens (primary N) is 1. The fourth-order valence-electron chi connectivity index (χ4n) is 2.23. The molecule has 0 saturated heterocycles. The van der Waals surface area contributed by atoms with Gasteiger partial charge in [0.25, 0.3) is 0 Å². The lowest BCUT2D eigenvalue weighted by Gasteiger charge is -2.18. The zero-order chi connectivity index (χ0) is 15.9. The normalized spacial score (nSPS) is 13.3. The van der Waals surface area contributed by atoms with E-state index >= 15 is 0 Å². The van der Waals surface area contributed by atoms with Gasteiger partial charge in [-0.05, 0) is 30.5 Å². The van der Waals surface area contributed by atoms with Crippen molar-refractivity contribution in [2.45, 2.75) is 63.4 Å². The van der Waals surface area contributed by atoms with Crippen molar-refractivity contribution in [2.75, 3.05) is 0 Å². The average molecular weight is 316 g/mol. The maximum absolute atomic E-state index is 13.9. The molecule has 0 spiro atoms. The minimum Gasteiger partial charge on any atom is -0.326 e. The topological polar surface area (TPSA) is 72.2 Å². The molecule has 0 aromatic heterocycles. The van der Waals surface area contributed by atoms with E-state index in [-0.39, 0.29) is 17.5 Å². The highest BCUT2D eigenvalue weighted by molar-refractivity contribution is 7.89. The van der Waals surface area contributed by atoms with Gasteiger partial charge < -0.3 is 5.73 Å². The number of sulfonamides is 1. The Labute approximate surface area is 127 Å². The van der Waals surface area contributed by atoms with Gasteiger partial charge in [-0.1, -0.05) is 39.2 Å². The number of hydrogen-bond acceptors (Lipinski definition) is 3. The summed E-state index contributed by atoms with van der Waals surface area (Å²) in [5.41, 5.74) is 5.99. The smallest absolute Gasteiger partial charge is 0.243 e. The van der Waals surface area contributed by atoms with Gasteiger partial charge in [-0.15, -0.1) is 0 Å². The van der Waals surface area contributed by atoms with Gasteiger partial charge in [0.15, 0.2) is 0 Å². The SMILES string of the molecule is CCCCC(CCC)NS(=O)(=O)c1ccc(CN)cc1F. The Kier molecular flexibility index (Phi) is 7.28. The van der Waals surface area contributed by atoms with Crippen LogP contribution in [0, 0.1) is 5.82 Å². The molecule has 0 saturated carbocycles. The highest BCUT2D eigenvalue weighted by Gasteiger charge is 2.22. The van der Waals surface area contributed by atoms with Crippen molar-refractivity contribution in [3.8, 4) is 0 Å². The van der Waals surface area contributed by atoms with Gasteiger partial charge in [-0.2, -0.15) is 0 Å². The summed E-state index contributed by atoms with van der Waals surface area (Å²) in [4.78, 5) is -0.308. The zero-order valence-electron chi connectivity index (χ0n) is 12.7. The zero-order valence-corrected chi connectivity index (χ0v) is 13.5. The van der Waals surface area contributed by atoms with E-state index in [4.69, 9.17) is 5.73 Å². The van der Waals surface area contributed by atoms with Crippen LogP contribution in [0.3, 0.4) is 0 Å². The fraction of sp³-hybridized carbons (Fsp3) is 0.600. The fourth-order valence-corrected chi connectivity index (χ4v) is 3.60. The quantitative estimate of drug-likeness (QED) is 0.736. The van der Waals surface area contributed by atoms with Crippen LogP contribution in [0.4, 0.5) is 4.39 Å². The van der Waals surface area contributed by atoms with Crippen LogP contribution in [0.2, 0.25) is 0 Å². The number of unbranched alkanes of at least 4 members (excludes halogenated alkanes) is 1. The first-order valence-corrected chi connectivity index (χ1v) is 8.93. The first kappa shape index (κ1) is 18.1. The number of hydrogen-bond donors (Lipinski definition) is 2. The molecule has 0 amide bonds. The molecule has 1 aromatic carbocycles. The Hall–Kier alpha value is -0.980. The minimum atomic E-state index is -3.83. The van der Waals surface area contributed by atoms with Crippen molar-refractivity contribution >= 4 is 10.0 Å². The summed E-state index contributed by atoms with van der Waals surface area (Å²) in [6.07, 6.45) is 4.35. The van der Waals surface area contributed by atoms with E-state index in [1.807, 2.05) is 6.92 Å². The molecule has 21 heavy (non-hydrogen) atoms. The second kappa shape index (κ2) is 8.46. The largest absolute Gasteiger partial charge is 0.326 e. The van der Waals surface area contributed by atoms with E-state index in [1.54, 1.807) is 6.07 Å². The number of halogens is 1. The molecule has 1 atom stereocenters. The molecule has 3 N–H and O–H groups in total. The van der Waals surface area contributed by atoms with Crippen LogP contribution in [-0.4, -0.2) is 14.5 Å². The van der Waals surface area contributed by atoms with Gasteiger partial charge in [0, 0.05) is 12.6 Å². The lowest BCUT2D eigenvalue weighted by Crippen LogP contribution is -2.35. The van der Waals surface area contributed by atoms with E-state index in [9.17, 15) is 12.8 Å². The number of nitrogens with one attached hydrogen (secondary N) is 1. The molecular weight excluding hydrogens is 291 g/mol. The highest BCUT2D eigenvalue weighted by Crippen LogP contribution is 2.18. The van der Waals surface area contributed by atoms with Gasteiger partial charge in [0.2, 0.25) is 10.0 Å². The summed E-state index contributed by atoms with van der Waals surface area (Å²) in [7, 11) is -3.83. The Morgan fingerprint density at radius 3 is 2.48 bits per heavy atom. The molecule has 0 aliphatic carbocycles. The molecule has 0 radical (unpaired) electrons. The molecule has 0 aliphatic rings. The monoisotopic (exact) mass is 316 g/mol. The second-order valence-electron chi connectivity index (χ2n) is 5.22. The molecule has 0 aliphatic heterocycles. The summed E-state index contributed by atoms with van der Waals surface area (Å²) in [5.74, 6) is -0.754. The summed E-state index contributed by atoms with van der Waals surface area (Å²) >= 11 is 0. The Balaban J connectivity index is 2.93. The third-order valence-electron chi connectivity index (χ3n) is 3.39. The van der Waals surface area contributed by atoms with Crippen molar-refractivity contribution in [1.29, 1.82) is 0 Å². The summed E-state index contributed by atoms with van der Waals surface area (Å²) < 4.78 is 41.2. The minimum absolute atomic E-state index is 0.145. The van der Waals surface area contributed by atoms with Crippen molar-refractivity contribution in [2.24, 2.45) is 5.73 Å². The molecule has 0 fully saturated rings. The molecule has 1 unspecified atom stereocenters. The van der Waals surface area contributed by atoms with Crippen LogP contribution in [0.1, 0.15) is 51.5 Å².